The zero-order valence-electron chi connectivity index (χ0n) is 10.6. The van der Waals surface area contributed by atoms with E-state index in [4.69, 9.17) is 4.74 Å². The lowest BCUT2D eigenvalue weighted by molar-refractivity contribution is -0.385. The van der Waals surface area contributed by atoms with E-state index in [9.17, 15) is 19.3 Å². The Hall–Kier alpha value is -2.06. The molecule has 2 N–H and O–H groups in total. The molecular formula is C12H14FN3O4. The molecule has 8 heteroatoms. The summed E-state index contributed by atoms with van der Waals surface area (Å²) in [5.41, 5.74) is -0.430. The summed E-state index contributed by atoms with van der Waals surface area (Å²) < 4.78 is 18.8. The molecule has 0 aromatic heterocycles. The standard InChI is InChI=1S/C12H14FN3O4/c13-10-6-9(16(18)19)1-2-11(10)15-12(17)5-8-7-20-4-3-14-8/h1-2,6,8,14H,3-5,7H2,(H,15,17). The van der Waals surface area contributed by atoms with Crippen LogP contribution in [0.5, 0.6) is 0 Å². The van der Waals surface area contributed by atoms with Crippen molar-refractivity contribution in [2.45, 2.75) is 12.5 Å². The number of hydrogen-bond acceptors (Lipinski definition) is 5. The maximum absolute atomic E-state index is 13.6. The number of rotatable bonds is 4. The Labute approximate surface area is 114 Å². The first-order valence-corrected chi connectivity index (χ1v) is 6.11. The van der Waals surface area contributed by atoms with Crippen LogP contribution in [0.15, 0.2) is 18.2 Å². The van der Waals surface area contributed by atoms with Crippen LogP contribution in [0.4, 0.5) is 15.8 Å². The Balaban J connectivity index is 1.95. The molecule has 1 aromatic rings. The number of carbonyl (C=O) groups is 1. The second kappa shape index (κ2) is 6.40. The second-order valence-electron chi connectivity index (χ2n) is 4.40. The lowest BCUT2D eigenvalue weighted by Crippen LogP contribution is -2.43. The van der Waals surface area contributed by atoms with E-state index in [1.165, 1.54) is 6.07 Å². The number of nitrogens with zero attached hydrogens (tertiary/aromatic N) is 1. The number of carbonyl (C=O) groups excluding carboxylic acids is 1. The van der Waals surface area contributed by atoms with Gasteiger partial charge < -0.3 is 15.4 Å². The summed E-state index contributed by atoms with van der Waals surface area (Å²) in [6.07, 6.45) is 0.149. The van der Waals surface area contributed by atoms with E-state index in [1.807, 2.05) is 0 Å². The minimum atomic E-state index is -0.833. The molecule has 0 bridgehead atoms. The van der Waals surface area contributed by atoms with Crippen molar-refractivity contribution in [3.05, 3.63) is 34.1 Å². The topological polar surface area (TPSA) is 93.5 Å². The van der Waals surface area contributed by atoms with E-state index in [0.717, 1.165) is 12.1 Å². The third-order valence-corrected chi connectivity index (χ3v) is 2.87. The van der Waals surface area contributed by atoms with Gasteiger partial charge in [-0.15, -0.1) is 0 Å². The van der Waals surface area contributed by atoms with Crippen molar-refractivity contribution < 1.29 is 18.8 Å². The molecule has 1 fully saturated rings. The normalized spacial score (nSPS) is 18.6. The van der Waals surface area contributed by atoms with E-state index >= 15 is 0 Å². The molecule has 0 saturated carbocycles. The zero-order valence-corrected chi connectivity index (χ0v) is 10.6. The van der Waals surface area contributed by atoms with Gasteiger partial charge >= 0.3 is 0 Å². The average molecular weight is 283 g/mol. The number of nitro benzene ring substituents is 1. The molecule has 1 aliphatic heterocycles. The summed E-state index contributed by atoms with van der Waals surface area (Å²) in [5, 5.41) is 16.0. The number of ether oxygens (including phenoxy) is 1. The molecule has 7 nitrogen and oxygen atoms in total. The Morgan fingerprint density at radius 1 is 1.60 bits per heavy atom. The number of benzene rings is 1. The highest BCUT2D eigenvalue weighted by atomic mass is 19.1. The SMILES string of the molecule is O=C(CC1COCCN1)Nc1ccc([N+](=O)[O-])cc1F. The van der Waals surface area contributed by atoms with Crippen LogP contribution in [0.1, 0.15) is 6.42 Å². The van der Waals surface area contributed by atoms with Gasteiger partial charge in [0.2, 0.25) is 5.91 Å². The fourth-order valence-electron chi connectivity index (χ4n) is 1.89. The summed E-state index contributed by atoms with van der Waals surface area (Å²) in [7, 11) is 0. The minimum Gasteiger partial charge on any atom is -0.378 e. The van der Waals surface area contributed by atoms with E-state index in [-0.39, 0.29) is 29.7 Å². The summed E-state index contributed by atoms with van der Waals surface area (Å²) in [4.78, 5) is 21.5. The van der Waals surface area contributed by atoms with E-state index in [1.54, 1.807) is 0 Å². The molecule has 1 saturated heterocycles. The van der Waals surface area contributed by atoms with Gasteiger partial charge in [0, 0.05) is 25.1 Å². The van der Waals surface area contributed by atoms with Crippen molar-refractivity contribution in [3.8, 4) is 0 Å². The molecule has 2 rings (SSSR count). The van der Waals surface area contributed by atoms with Crippen molar-refractivity contribution in [2.75, 3.05) is 25.1 Å². The van der Waals surface area contributed by atoms with Gasteiger partial charge in [-0.05, 0) is 6.07 Å². The third-order valence-electron chi connectivity index (χ3n) is 2.87. The number of morpholine rings is 1. The maximum atomic E-state index is 13.6. The lowest BCUT2D eigenvalue weighted by atomic mass is 10.2. The van der Waals surface area contributed by atoms with E-state index in [2.05, 4.69) is 10.6 Å². The first-order valence-electron chi connectivity index (χ1n) is 6.11. The van der Waals surface area contributed by atoms with Crippen molar-refractivity contribution in [1.82, 2.24) is 5.32 Å². The molecule has 0 spiro atoms. The fraction of sp³-hybridized carbons (Fsp3) is 0.417. The monoisotopic (exact) mass is 283 g/mol. The molecule has 1 heterocycles. The Bertz CT molecular complexity index is 517. The molecular weight excluding hydrogens is 269 g/mol. The molecule has 108 valence electrons. The number of nitrogens with one attached hydrogen (secondary N) is 2. The van der Waals surface area contributed by atoms with Crippen LogP contribution in [0, 0.1) is 15.9 Å². The van der Waals surface area contributed by atoms with Gasteiger partial charge in [-0.3, -0.25) is 14.9 Å². The first kappa shape index (κ1) is 14.4. The molecule has 1 atom stereocenters. The van der Waals surface area contributed by atoms with Crippen molar-refractivity contribution >= 4 is 17.3 Å². The van der Waals surface area contributed by atoms with Crippen molar-refractivity contribution in [3.63, 3.8) is 0 Å². The molecule has 0 radical (unpaired) electrons. The minimum absolute atomic E-state index is 0.0719. The van der Waals surface area contributed by atoms with Gasteiger partial charge in [0.25, 0.3) is 5.69 Å². The molecule has 1 amide bonds. The summed E-state index contributed by atoms with van der Waals surface area (Å²) in [6.45, 7) is 1.70. The van der Waals surface area contributed by atoms with Gasteiger partial charge in [-0.25, -0.2) is 4.39 Å². The lowest BCUT2D eigenvalue weighted by Gasteiger charge is -2.23. The van der Waals surface area contributed by atoms with Crippen LogP contribution in [0.2, 0.25) is 0 Å². The Kier molecular flexibility index (Phi) is 4.59. The highest BCUT2D eigenvalue weighted by Crippen LogP contribution is 2.20. The predicted octanol–water partition coefficient (Wildman–Crippen LogP) is 1.05. The number of halogens is 1. The highest BCUT2D eigenvalue weighted by molar-refractivity contribution is 5.91. The van der Waals surface area contributed by atoms with E-state index in [0.29, 0.717) is 19.8 Å². The molecule has 20 heavy (non-hydrogen) atoms. The van der Waals surface area contributed by atoms with Gasteiger partial charge in [-0.2, -0.15) is 0 Å². The fourth-order valence-corrected chi connectivity index (χ4v) is 1.89. The van der Waals surface area contributed by atoms with Gasteiger partial charge in [0.05, 0.1) is 29.9 Å². The van der Waals surface area contributed by atoms with Gasteiger partial charge in [0.15, 0.2) is 5.82 Å². The number of hydrogen-bond donors (Lipinski definition) is 2. The second-order valence-corrected chi connectivity index (χ2v) is 4.40. The van der Waals surface area contributed by atoms with Crippen LogP contribution < -0.4 is 10.6 Å². The van der Waals surface area contributed by atoms with Crippen LogP contribution in [-0.4, -0.2) is 36.6 Å². The number of nitro groups is 1. The van der Waals surface area contributed by atoms with Crippen molar-refractivity contribution in [2.24, 2.45) is 0 Å². The van der Waals surface area contributed by atoms with Crippen LogP contribution in [0.25, 0.3) is 0 Å². The maximum Gasteiger partial charge on any atom is 0.272 e. The molecule has 0 aliphatic carbocycles. The molecule has 1 unspecified atom stereocenters. The van der Waals surface area contributed by atoms with Crippen LogP contribution in [0.3, 0.4) is 0 Å². The van der Waals surface area contributed by atoms with Gasteiger partial charge in [-0.1, -0.05) is 0 Å². The van der Waals surface area contributed by atoms with Crippen LogP contribution in [-0.2, 0) is 9.53 Å². The third kappa shape index (κ3) is 3.72. The Morgan fingerprint density at radius 3 is 3.00 bits per heavy atom. The van der Waals surface area contributed by atoms with Gasteiger partial charge in [0.1, 0.15) is 0 Å². The summed E-state index contributed by atoms with van der Waals surface area (Å²) in [5.74, 6) is -1.21. The van der Waals surface area contributed by atoms with Crippen molar-refractivity contribution in [1.29, 1.82) is 0 Å². The summed E-state index contributed by atoms with van der Waals surface area (Å²) in [6, 6.07) is 2.99. The molecule has 1 aliphatic rings. The van der Waals surface area contributed by atoms with Crippen LogP contribution >= 0.6 is 0 Å². The quantitative estimate of drug-likeness (QED) is 0.636. The first-order chi connectivity index (χ1) is 9.56. The Morgan fingerprint density at radius 2 is 2.40 bits per heavy atom. The average Bonchev–Trinajstić information content (AvgIpc) is 2.42. The highest BCUT2D eigenvalue weighted by Gasteiger charge is 2.18. The number of anilines is 1. The summed E-state index contributed by atoms with van der Waals surface area (Å²) >= 11 is 0. The number of amides is 1. The number of non-ortho nitro benzene ring substituents is 1. The molecule has 1 aromatic carbocycles. The van der Waals surface area contributed by atoms with E-state index < -0.39 is 10.7 Å². The predicted molar refractivity (Wildman–Crippen MR) is 68.9 cm³/mol. The zero-order chi connectivity index (χ0) is 14.5. The largest absolute Gasteiger partial charge is 0.378 e. The smallest absolute Gasteiger partial charge is 0.272 e.